The quantitative estimate of drug-likeness (QED) is 0.498. The topological polar surface area (TPSA) is 87.2 Å². The van der Waals surface area contributed by atoms with Crippen molar-refractivity contribution in [2.24, 2.45) is 11.8 Å². The molecule has 1 unspecified atom stereocenters. The summed E-state index contributed by atoms with van der Waals surface area (Å²) in [5.41, 5.74) is 0. The molecule has 8 heteroatoms. The van der Waals surface area contributed by atoms with Gasteiger partial charge in [-0.3, -0.25) is 14.4 Å². The van der Waals surface area contributed by atoms with E-state index < -0.39 is 33.4 Å². The summed E-state index contributed by atoms with van der Waals surface area (Å²) in [6, 6.07) is -1.27. The van der Waals surface area contributed by atoms with Crippen LogP contribution < -0.4 is 0 Å². The number of hydrogen-bond donors (Lipinski definition) is 1. The van der Waals surface area contributed by atoms with Gasteiger partial charge in [-0.25, -0.2) is 0 Å². The first-order valence-electron chi connectivity index (χ1n) is 11.7. The third-order valence-corrected chi connectivity index (χ3v) is 9.09. The van der Waals surface area contributed by atoms with Crippen LogP contribution in [0.15, 0.2) is 24.3 Å². The van der Waals surface area contributed by atoms with E-state index in [1.165, 1.54) is 0 Å². The molecular weight excluding hydrogens is 428 g/mol. The fraction of sp³-hybridized carbons (Fsp3) is 0.708. The minimum atomic E-state index is -0.874. The number of likely N-dealkylation sites (tertiary alicyclic amines) is 1. The first-order valence-corrected chi connectivity index (χ1v) is 12.6. The predicted molar refractivity (Wildman–Crippen MR) is 123 cm³/mol. The second-order valence-corrected chi connectivity index (χ2v) is 11.3. The third kappa shape index (κ3) is 3.50. The molecule has 0 saturated carbocycles. The SMILES string of the molecule is CCCCN1CC=C[C@]23S[C@@]4(C)/C=C\CCCOC(=O)[C@H]4[C@H]2C(=O)N([C@H](C)CO)C3C1=O. The lowest BCUT2D eigenvalue weighted by Crippen LogP contribution is -2.56. The molecule has 7 nitrogen and oxygen atoms in total. The number of carbonyl (C=O) groups excluding carboxylic acids is 3. The van der Waals surface area contributed by atoms with E-state index in [0.717, 1.165) is 25.7 Å². The van der Waals surface area contributed by atoms with Gasteiger partial charge in [-0.15, -0.1) is 11.8 Å². The van der Waals surface area contributed by atoms with Gasteiger partial charge >= 0.3 is 5.97 Å². The lowest BCUT2D eigenvalue weighted by Gasteiger charge is -2.38. The molecule has 0 radical (unpaired) electrons. The van der Waals surface area contributed by atoms with E-state index in [9.17, 15) is 19.5 Å². The Balaban J connectivity index is 1.85. The molecule has 4 aliphatic rings. The van der Waals surface area contributed by atoms with E-state index in [1.54, 1.807) is 23.6 Å². The molecule has 4 rings (SSSR count). The van der Waals surface area contributed by atoms with Crippen molar-refractivity contribution in [3.8, 4) is 0 Å². The summed E-state index contributed by atoms with van der Waals surface area (Å²) in [6.07, 6.45) is 11.5. The van der Waals surface area contributed by atoms with Gasteiger partial charge in [-0.1, -0.05) is 37.6 Å². The Morgan fingerprint density at radius 3 is 2.72 bits per heavy atom. The highest BCUT2D eigenvalue weighted by molar-refractivity contribution is 8.02. The molecule has 0 aromatic carbocycles. The lowest BCUT2D eigenvalue weighted by molar-refractivity contribution is -0.154. The zero-order chi connectivity index (χ0) is 23.1. The number of esters is 1. The van der Waals surface area contributed by atoms with Crippen molar-refractivity contribution >= 4 is 29.5 Å². The van der Waals surface area contributed by atoms with Crippen molar-refractivity contribution in [2.45, 2.75) is 68.0 Å². The largest absolute Gasteiger partial charge is 0.465 e. The highest BCUT2D eigenvalue weighted by atomic mass is 32.2. The molecule has 6 atom stereocenters. The van der Waals surface area contributed by atoms with Crippen LogP contribution in [-0.4, -0.2) is 80.6 Å². The summed E-state index contributed by atoms with van der Waals surface area (Å²) in [7, 11) is 0. The van der Waals surface area contributed by atoms with Gasteiger partial charge in [0.25, 0.3) is 0 Å². The summed E-state index contributed by atoms with van der Waals surface area (Å²) in [4.78, 5) is 44.5. The molecule has 1 spiro atoms. The van der Waals surface area contributed by atoms with Crippen LogP contribution in [0, 0.1) is 11.8 Å². The van der Waals surface area contributed by atoms with Crippen LogP contribution in [0.25, 0.3) is 0 Å². The Bertz CT molecular complexity index is 844. The van der Waals surface area contributed by atoms with E-state index in [1.807, 2.05) is 30.1 Å². The molecule has 32 heavy (non-hydrogen) atoms. The first kappa shape index (κ1) is 23.4. The van der Waals surface area contributed by atoms with Gasteiger partial charge < -0.3 is 19.6 Å². The molecular formula is C24H34N2O5S. The van der Waals surface area contributed by atoms with Crippen LogP contribution in [0.4, 0.5) is 0 Å². The summed E-state index contributed by atoms with van der Waals surface area (Å²) >= 11 is 1.55. The maximum Gasteiger partial charge on any atom is 0.311 e. The smallest absolute Gasteiger partial charge is 0.311 e. The lowest BCUT2D eigenvalue weighted by atomic mass is 9.74. The van der Waals surface area contributed by atoms with Crippen LogP contribution in [0.3, 0.4) is 0 Å². The molecule has 176 valence electrons. The second-order valence-electron chi connectivity index (χ2n) is 9.53. The van der Waals surface area contributed by atoms with Gasteiger partial charge in [-0.2, -0.15) is 0 Å². The summed E-state index contributed by atoms with van der Waals surface area (Å²) < 4.78 is 4.07. The molecule has 0 bridgehead atoms. The van der Waals surface area contributed by atoms with Crippen molar-refractivity contribution in [3.63, 3.8) is 0 Å². The van der Waals surface area contributed by atoms with Gasteiger partial charge in [0.2, 0.25) is 11.8 Å². The zero-order valence-corrected chi connectivity index (χ0v) is 20.0. The highest BCUT2D eigenvalue weighted by Crippen LogP contribution is 2.65. The normalized spacial score (nSPS) is 38.8. The Labute approximate surface area is 194 Å². The monoisotopic (exact) mass is 462 g/mol. The molecule has 0 aromatic rings. The highest BCUT2D eigenvalue weighted by Gasteiger charge is 2.74. The second kappa shape index (κ2) is 8.86. The molecule has 0 aromatic heterocycles. The number of ether oxygens (including phenoxy) is 1. The third-order valence-electron chi connectivity index (χ3n) is 7.29. The van der Waals surface area contributed by atoms with Gasteiger partial charge in [0.15, 0.2) is 0 Å². The number of unbranched alkanes of at least 4 members (excludes halogenated alkanes) is 1. The van der Waals surface area contributed by atoms with Crippen molar-refractivity contribution in [2.75, 3.05) is 26.3 Å². The summed E-state index contributed by atoms with van der Waals surface area (Å²) in [5.74, 6) is -2.10. The standard InChI is InChI=1S/C24H34N2O5S/c1-4-5-12-25-13-9-11-24-17(20(28)26(16(2)15-27)19(24)21(25)29)18-22(30)31-14-8-6-7-10-23(18,3)32-24/h7,9-11,16-19,27H,4-6,8,12-15H2,1-3H3/b10-7-/t16-,17+,18-,19?,23+,24+/m1/s1. The number of rotatable bonds is 5. The minimum Gasteiger partial charge on any atom is -0.465 e. The fourth-order valence-electron chi connectivity index (χ4n) is 5.73. The van der Waals surface area contributed by atoms with Crippen molar-refractivity contribution in [3.05, 3.63) is 24.3 Å². The summed E-state index contributed by atoms with van der Waals surface area (Å²) in [6.45, 7) is 7.03. The van der Waals surface area contributed by atoms with Gasteiger partial charge in [0, 0.05) is 17.8 Å². The summed E-state index contributed by atoms with van der Waals surface area (Å²) in [5, 5.41) is 9.94. The molecule has 2 saturated heterocycles. The fourth-order valence-corrected chi connectivity index (χ4v) is 7.87. The molecule has 1 N–H and O–H groups in total. The maximum absolute atomic E-state index is 13.9. The average molecular weight is 463 g/mol. The number of carbonyl (C=O) groups is 3. The van der Waals surface area contributed by atoms with E-state index in [-0.39, 0.29) is 24.4 Å². The predicted octanol–water partition coefficient (Wildman–Crippen LogP) is 2.15. The number of fused-ring (bicyclic) bond motifs is 2. The number of thioether (sulfide) groups is 1. The van der Waals surface area contributed by atoms with Crippen molar-refractivity contribution in [1.29, 1.82) is 0 Å². The zero-order valence-electron chi connectivity index (χ0n) is 19.2. The Morgan fingerprint density at radius 1 is 1.22 bits per heavy atom. The molecule has 2 fully saturated rings. The van der Waals surface area contributed by atoms with E-state index >= 15 is 0 Å². The average Bonchev–Trinajstić information content (AvgIpc) is 3.12. The maximum atomic E-state index is 13.9. The molecule has 4 heterocycles. The van der Waals surface area contributed by atoms with Crippen LogP contribution >= 0.6 is 11.8 Å². The number of aliphatic hydroxyl groups is 1. The number of cyclic esters (lactones) is 1. The van der Waals surface area contributed by atoms with Crippen LogP contribution in [0.2, 0.25) is 0 Å². The Kier molecular flexibility index (Phi) is 6.47. The number of allylic oxidation sites excluding steroid dienone is 1. The number of amides is 2. The van der Waals surface area contributed by atoms with E-state index in [0.29, 0.717) is 19.7 Å². The number of aliphatic hydroxyl groups excluding tert-OH is 1. The number of hydrogen-bond acceptors (Lipinski definition) is 6. The first-order chi connectivity index (χ1) is 15.3. The van der Waals surface area contributed by atoms with Crippen LogP contribution in [-0.2, 0) is 19.1 Å². The van der Waals surface area contributed by atoms with Gasteiger partial charge in [0.1, 0.15) is 6.04 Å². The van der Waals surface area contributed by atoms with E-state index in [2.05, 4.69) is 13.0 Å². The molecule has 4 aliphatic heterocycles. The van der Waals surface area contributed by atoms with Crippen LogP contribution in [0.5, 0.6) is 0 Å². The number of nitrogens with zero attached hydrogens (tertiary/aromatic N) is 2. The Hall–Kier alpha value is -1.80. The Morgan fingerprint density at radius 2 is 2.00 bits per heavy atom. The van der Waals surface area contributed by atoms with Crippen molar-refractivity contribution < 1.29 is 24.2 Å². The minimum absolute atomic E-state index is 0.0976. The van der Waals surface area contributed by atoms with E-state index in [4.69, 9.17) is 4.74 Å². The molecule has 0 aliphatic carbocycles. The van der Waals surface area contributed by atoms with Gasteiger partial charge in [0.05, 0.1) is 35.8 Å². The van der Waals surface area contributed by atoms with Crippen molar-refractivity contribution in [1.82, 2.24) is 9.80 Å². The molecule has 2 amide bonds. The van der Waals surface area contributed by atoms with Gasteiger partial charge in [-0.05, 0) is 33.1 Å². The van der Waals surface area contributed by atoms with Crippen LogP contribution in [0.1, 0.15) is 46.5 Å².